The van der Waals surface area contributed by atoms with E-state index in [1.54, 1.807) is 7.11 Å². The standard InChI is InChI=1S/C23H36N6O.HI/c1-16(2)19-8-10-20(11-9-19)26-23(25-15-22-28-27-17(3)29(22)4)24-14-18-6-12-21(30-5)13-7-18;/h6-7,12-13,16,19-20H,8-11,14-15H2,1-5H3,(H2,24,25,26);1H. The fourth-order valence-corrected chi connectivity index (χ4v) is 3.95. The summed E-state index contributed by atoms with van der Waals surface area (Å²) < 4.78 is 7.25. The van der Waals surface area contributed by atoms with Gasteiger partial charge in [-0.2, -0.15) is 0 Å². The van der Waals surface area contributed by atoms with Gasteiger partial charge >= 0.3 is 0 Å². The van der Waals surface area contributed by atoms with E-state index >= 15 is 0 Å². The second-order valence-electron chi connectivity index (χ2n) is 8.59. The summed E-state index contributed by atoms with van der Waals surface area (Å²) >= 11 is 0. The number of ether oxygens (including phenoxy) is 1. The number of hydrogen-bond donors (Lipinski definition) is 2. The molecule has 2 aromatic rings. The van der Waals surface area contributed by atoms with Gasteiger partial charge in [0.2, 0.25) is 0 Å². The van der Waals surface area contributed by atoms with Crippen LogP contribution < -0.4 is 15.4 Å². The maximum Gasteiger partial charge on any atom is 0.192 e. The summed E-state index contributed by atoms with van der Waals surface area (Å²) in [5.41, 5.74) is 1.15. The Morgan fingerprint density at radius 3 is 2.39 bits per heavy atom. The number of aryl methyl sites for hydroxylation is 1. The SMILES string of the molecule is COc1ccc(CN=C(NCc2nnc(C)n2C)NC2CCC(C(C)C)CC2)cc1.I. The van der Waals surface area contributed by atoms with Crippen LogP contribution in [-0.2, 0) is 20.1 Å². The lowest BCUT2D eigenvalue weighted by atomic mass is 9.80. The van der Waals surface area contributed by atoms with Crippen molar-refractivity contribution in [3.63, 3.8) is 0 Å². The molecule has 0 atom stereocenters. The molecule has 1 aliphatic carbocycles. The Bertz CT molecular complexity index is 825. The zero-order valence-corrected chi connectivity index (χ0v) is 21.7. The third-order valence-electron chi connectivity index (χ3n) is 6.23. The summed E-state index contributed by atoms with van der Waals surface area (Å²) in [5.74, 6) is 5.11. The highest BCUT2D eigenvalue weighted by atomic mass is 127. The largest absolute Gasteiger partial charge is 0.497 e. The Hall–Kier alpha value is -1.84. The van der Waals surface area contributed by atoms with Gasteiger partial charge in [0.15, 0.2) is 11.8 Å². The van der Waals surface area contributed by atoms with Crippen molar-refractivity contribution in [2.24, 2.45) is 23.9 Å². The van der Waals surface area contributed by atoms with Gasteiger partial charge in [-0.3, -0.25) is 0 Å². The molecule has 1 aromatic heterocycles. The lowest BCUT2D eigenvalue weighted by Crippen LogP contribution is -2.45. The van der Waals surface area contributed by atoms with E-state index in [1.807, 2.05) is 30.7 Å². The lowest BCUT2D eigenvalue weighted by Gasteiger charge is -2.32. The maximum atomic E-state index is 5.25. The van der Waals surface area contributed by atoms with Gasteiger partial charge in [-0.15, -0.1) is 34.2 Å². The van der Waals surface area contributed by atoms with Crippen LogP contribution in [0.1, 0.15) is 56.7 Å². The predicted octanol–water partition coefficient (Wildman–Crippen LogP) is 4.20. The molecular formula is C23H37IN6O. The number of nitrogens with zero attached hydrogens (tertiary/aromatic N) is 4. The minimum Gasteiger partial charge on any atom is -0.497 e. The van der Waals surface area contributed by atoms with E-state index in [9.17, 15) is 0 Å². The molecule has 31 heavy (non-hydrogen) atoms. The average Bonchev–Trinajstić information content (AvgIpc) is 3.08. The second kappa shape index (κ2) is 12.3. The average molecular weight is 540 g/mol. The molecule has 7 nitrogen and oxygen atoms in total. The number of benzene rings is 1. The Kier molecular flexibility index (Phi) is 10.1. The van der Waals surface area contributed by atoms with Crippen molar-refractivity contribution in [2.45, 2.75) is 65.6 Å². The molecule has 0 aliphatic heterocycles. The van der Waals surface area contributed by atoms with Gasteiger partial charge in [0.1, 0.15) is 11.6 Å². The fourth-order valence-electron chi connectivity index (χ4n) is 3.95. The number of nitrogens with one attached hydrogen (secondary N) is 2. The summed E-state index contributed by atoms with van der Waals surface area (Å²) in [6, 6.07) is 8.52. The van der Waals surface area contributed by atoms with E-state index in [0.717, 1.165) is 40.8 Å². The zero-order valence-electron chi connectivity index (χ0n) is 19.4. The number of guanidine groups is 1. The van der Waals surface area contributed by atoms with Crippen LogP contribution in [0, 0.1) is 18.8 Å². The van der Waals surface area contributed by atoms with Crippen LogP contribution in [-0.4, -0.2) is 33.9 Å². The summed E-state index contributed by atoms with van der Waals surface area (Å²) in [6.45, 7) is 7.83. The molecule has 1 fully saturated rings. The minimum absolute atomic E-state index is 0. The molecule has 0 unspecified atom stereocenters. The molecule has 0 radical (unpaired) electrons. The molecule has 8 heteroatoms. The van der Waals surface area contributed by atoms with Crippen LogP contribution in [0.15, 0.2) is 29.3 Å². The highest BCUT2D eigenvalue weighted by molar-refractivity contribution is 14.0. The smallest absolute Gasteiger partial charge is 0.192 e. The maximum absolute atomic E-state index is 5.25. The molecule has 2 N–H and O–H groups in total. The number of halogens is 1. The van der Waals surface area contributed by atoms with Crippen molar-refractivity contribution < 1.29 is 4.74 Å². The number of rotatable bonds is 7. The molecule has 0 amide bonds. The van der Waals surface area contributed by atoms with Crippen LogP contribution >= 0.6 is 24.0 Å². The zero-order chi connectivity index (χ0) is 21.5. The molecule has 1 aliphatic rings. The first-order valence-corrected chi connectivity index (χ1v) is 11.0. The van der Waals surface area contributed by atoms with Gasteiger partial charge in [-0.1, -0.05) is 26.0 Å². The van der Waals surface area contributed by atoms with Crippen molar-refractivity contribution in [2.75, 3.05) is 7.11 Å². The summed E-state index contributed by atoms with van der Waals surface area (Å²) in [5, 5.41) is 15.5. The van der Waals surface area contributed by atoms with Crippen LogP contribution in [0.3, 0.4) is 0 Å². The molecule has 0 saturated heterocycles. The Balaban J connectivity index is 0.00000341. The predicted molar refractivity (Wildman–Crippen MR) is 136 cm³/mol. The van der Waals surface area contributed by atoms with E-state index in [-0.39, 0.29) is 24.0 Å². The summed E-state index contributed by atoms with van der Waals surface area (Å²) in [4.78, 5) is 4.85. The number of aromatic nitrogens is 3. The molecule has 1 aromatic carbocycles. The Morgan fingerprint density at radius 2 is 1.84 bits per heavy atom. The molecule has 1 saturated carbocycles. The first-order chi connectivity index (χ1) is 14.5. The number of aliphatic imine (C=N–C) groups is 1. The Morgan fingerprint density at radius 1 is 1.16 bits per heavy atom. The van der Waals surface area contributed by atoms with Crippen molar-refractivity contribution in [1.29, 1.82) is 0 Å². The normalized spacial score (nSPS) is 19.1. The van der Waals surface area contributed by atoms with Gasteiger partial charge < -0.3 is 19.9 Å². The fraction of sp³-hybridized carbons (Fsp3) is 0.609. The van der Waals surface area contributed by atoms with Gasteiger partial charge in [0, 0.05) is 13.1 Å². The van der Waals surface area contributed by atoms with Crippen molar-refractivity contribution in [3.05, 3.63) is 41.5 Å². The summed E-state index contributed by atoms with van der Waals surface area (Å²) in [6.07, 6.45) is 4.94. The van der Waals surface area contributed by atoms with Gasteiger partial charge in [0.05, 0.1) is 20.2 Å². The van der Waals surface area contributed by atoms with Gasteiger partial charge in [0.25, 0.3) is 0 Å². The monoisotopic (exact) mass is 540 g/mol. The van der Waals surface area contributed by atoms with Crippen LogP contribution in [0.5, 0.6) is 5.75 Å². The number of methoxy groups -OCH3 is 1. The van der Waals surface area contributed by atoms with E-state index in [1.165, 1.54) is 25.7 Å². The quantitative estimate of drug-likeness (QED) is 0.313. The first-order valence-electron chi connectivity index (χ1n) is 11.0. The molecule has 172 valence electrons. The second-order valence-corrected chi connectivity index (χ2v) is 8.59. The van der Waals surface area contributed by atoms with Crippen LogP contribution in [0.4, 0.5) is 0 Å². The first kappa shape index (κ1) is 25.4. The van der Waals surface area contributed by atoms with Crippen LogP contribution in [0.25, 0.3) is 0 Å². The minimum atomic E-state index is 0. The molecule has 1 heterocycles. The van der Waals surface area contributed by atoms with E-state index in [0.29, 0.717) is 19.1 Å². The molecule has 0 spiro atoms. The topological polar surface area (TPSA) is 76.4 Å². The van der Waals surface area contributed by atoms with Gasteiger partial charge in [-0.05, 0) is 62.1 Å². The van der Waals surface area contributed by atoms with E-state index in [2.05, 4.69) is 46.8 Å². The molecular weight excluding hydrogens is 503 g/mol. The summed E-state index contributed by atoms with van der Waals surface area (Å²) in [7, 11) is 3.67. The van der Waals surface area contributed by atoms with Crippen molar-refractivity contribution in [1.82, 2.24) is 25.4 Å². The van der Waals surface area contributed by atoms with Gasteiger partial charge in [-0.25, -0.2) is 4.99 Å². The third-order valence-corrected chi connectivity index (χ3v) is 6.23. The third kappa shape index (κ3) is 7.36. The van der Waals surface area contributed by atoms with Crippen molar-refractivity contribution >= 4 is 29.9 Å². The van der Waals surface area contributed by atoms with Crippen LogP contribution in [0.2, 0.25) is 0 Å². The van der Waals surface area contributed by atoms with Crippen molar-refractivity contribution in [3.8, 4) is 5.75 Å². The molecule has 0 bridgehead atoms. The highest BCUT2D eigenvalue weighted by Gasteiger charge is 2.23. The lowest BCUT2D eigenvalue weighted by molar-refractivity contribution is 0.250. The number of hydrogen-bond acceptors (Lipinski definition) is 4. The highest BCUT2D eigenvalue weighted by Crippen LogP contribution is 2.29. The van der Waals surface area contributed by atoms with E-state index < -0.39 is 0 Å². The van der Waals surface area contributed by atoms with E-state index in [4.69, 9.17) is 9.73 Å². The molecule has 3 rings (SSSR count). The Labute approximate surface area is 203 Å².